The summed E-state index contributed by atoms with van der Waals surface area (Å²) in [5.74, 6) is -0.993. The van der Waals surface area contributed by atoms with Gasteiger partial charge in [-0.25, -0.2) is 13.8 Å². The number of benzene rings is 3. The van der Waals surface area contributed by atoms with Gasteiger partial charge in [0.15, 0.2) is 16.9 Å². The quantitative estimate of drug-likeness (QED) is 0.172. The van der Waals surface area contributed by atoms with Crippen LogP contribution < -0.4 is 0 Å². The Morgan fingerprint density at radius 1 is 0.805 bits per heavy atom. The molecule has 7 rings (SSSR count). The summed E-state index contributed by atoms with van der Waals surface area (Å²) >= 11 is 0.618. The second kappa shape index (κ2) is 10.2. The van der Waals surface area contributed by atoms with Crippen LogP contribution in [-0.4, -0.2) is 23.7 Å². The maximum absolute atomic E-state index is 14.2. The second-order valence-electron chi connectivity index (χ2n) is 10.6. The minimum absolute atomic E-state index is 0. The van der Waals surface area contributed by atoms with Crippen LogP contribution in [0.1, 0.15) is 26.3 Å². The third-order valence-corrected chi connectivity index (χ3v) is 7.75. The van der Waals surface area contributed by atoms with Crippen molar-refractivity contribution in [1.82, 2.24) is 23.7 Å². The van der Waals surface area contributed by atoms with E-state index in [4.69, 9.17) is 0 Å². The van der Waals surface area contributed by atoms with Crippen molar-refractivity contribution in [1.29, 1.82) is 0 Å². The fraction of sp³-hybridized carbons (Fsp3) is 0.125. The van der Waals surface area contributed by atoms with Crippen molar-refractivity contribution < 1.29 is 29.8 Å². The Kier molecular flexibility index (Phi) is 6.79. The van der Waals surface area contributed by atoms with Gasteiger partial charge >= 0.3 is 21.1 Å². The summed E-state index contributed by atoms with van der Waals surface area (Å²) < 4.78 is 29.3. The number of halogens is 2. The molecule has 7 aromatic rings. The molecule has 9 heteroatoms. The van der Waals surface area contributed by atoms with Crippen LogP contribution in [0.2, 0.25) is 0 Å². The first kappa shape index (κ1) is 27.3. The van der Waals surface area contributed by atoms with Crippen LogP contribution >= 0.6 is 11.5 Å². The second-order valence-corrected chi connectivity index (χ2v) is 11.5. The molecule has 0 saturated carbocycles. The van der Waals surface area contributed by atoms with Crippen LogP contribution in [0.3, 0.4) is 0 Å². The van der Waals surface area contributed by atoms with Gasteiger partial charge in [-0.2, -0.15) is 8.78 Å². The molecule has 0 aliphatic carbocycles. The normalized spacial score (nSPS) is 11.8. The van der Waals surface area contributed by atoms with Gasteiger partial charge in [0.2, 0.25) is 10.9 Å². The summed E-state index contributed by atoms with van der Waals surface area (Å²) in [6.45, 7) is 6.51. The summed E-state index contributed by atoms with van der Waals surface area (Å²) in [4.78, 5) is 17.9. The molecule has 0 unspecified atom stereocenters. The molecule has 0 aliphatic heterocycles. The van der Waals surface area contributed by atoms with Gasteiger partial charge in [-0.15, -0.1) is 52.9 Å². The Morgan fingerprint density at radius 2 is 1.61 bits per heavy atom. The van der Waals surface area contributed by atoms with Crippen LogP contribution in [-0.2, 0) is 26.5 Å². The molecule has 204 valence electrons. The van der Waals surface area contributed by atoms with E-state index in [-0.39, 0.29) is 37.8 Å². The number of hydrogen-bond acceptors (Lipinski definition) is 5. The first-order valence-electron chi connectivity index (χ1n) is 12.7. The predicted octanol–water partition coefficient (Wildman–Crippen LogP) is 8.06. The molecule has 0 amide bonds. The molecule has 3 aromatic carbocycles. The molecule has 4 heterocycles. The summed E-state index contributed by atoms with van der Waals surface area (Å²) in [6.07, 6.45) is 3.38. The number of fused-ring (bicyclic) bond motifs is 4. The third-order valence-electron chi connectivity index (χ3n) is 6.89. The molecule has 0 fully saturated rings. The fourth-order valence-electron chi connectivity index (χ4n) is 4.98. The summed E-state index contributed by atoms with van der Waals surface area (Å²) in [5.41, 5.74) is 6.34. The molecular weight excluding hydrogens is 720 g/mol. The van der Waals surface area contributed by atoms with E-state index in [0.717, 1.165) is 44.3 Å². The van der Waals surface area contributed by atoms with Gasteiger partial charge in [-0.1, -0.05) is 73.2 Å². The maximum Gasteiger partial charge on any atom is 2.00 e. The molecular formula is C32H21F2N5PtS. The van der Waals surface area contributed by atoms with Gasteiger partial charge in [0.25, 0.3) is 0 Å². The van der Waals surface area contributed by atoms with Crippen molar-refractivity contribution in [2.75, 3.05) is 0 Å². The zero-order valence-corrected chi connectivity index (χ0v) is 25.2. The number of pyridine rings is 1. The van der Waals surface area contributed by atoms with Crippen LogP contribution in [0.15, 0.2) is 73.1 Å². The Bertz CT molecular complexity index is 2080. The largest absolute Gasteiger partial charge is 2.00 e. The van der Waals surface area contributed by atoms with Crippen LogP contribution in [0.5, 0.6) is 0 Å². The Balaban J connectivity index is 0.00000302. The Labute approximate surface area is 253 Å². The fourth-order valence-corrected chi connectivity index (χ4v) is 5.74. The van der Waals surface area contributed by atoms with E-state index in [1.54, 1.807) is 12.4 Å². The van der Waals surface area contributed by atoms with E-state index >= 15 is 0 Å². The summed E-state index contributed by atoms with van der Waals surface area (Å²) in [5, 5.41) is 1.09. The Hall–Kier alpha value is -3.87. The van der Waals surface area contributed by atoms with E-state index in [1.807, 2.05) is 36.4 Å². The zero-order valence-electron chi connectivity index (χ0n) is 22.1. The monoisotopic (exact) mass is 740 g/mol. The van der Waals surface area contributed by atoms with Crippen molar-refractivity contribution in [2.45, 2.75) is 26.2 Å². The molecule has 0 N–H and O–H groups in total. The SMILES string of the molecule is CC(C)(C)c1cc(-c2cnc3c(n2)nc2c(F)c(F)sn23)[c-]c2c(-c3[c-]c(-c4ccccn4)ccc3)cccc12.[Pt+2]. The van der Waals surface area contributed by atoms with Gasteiger partial charge in [-0.3, -0.25) is 9.97 Å². The number of rotatable bonds is 3. The van der Waals surface area contributed by atoms with Gasteiger partial charge in [-0.05, 0) is 23.0 Å². The number of hydrogen-bond donors (Lipinski definition) is 0. The van der Waals surface area contributed by atoms with E-state index in [9.17, 15) is 8.78 Å². The average molecular weight is 741 g/mol. The smallest absolute Gasteiger partial charge is 0.295 e. The van der Waals surface area contributed by atoms with E-state index in [2.05, 4.69) is 77.1 Å². The topological polar surface area (TPSA) is 56.0 Å². The Morgan fingerprint density at radius 3 is 2.39 bits per heavy atom. The molecule has 0 atom stereocenters. The van der Waals surface area contributed by atoms with E-state index in [1.165, 1.54) is 3.79 Å². The molecule has 41 heavy (non-hydrogen) atoms. The van der Waals surface area contributed by atoms with Crippen molar-refractivity contribution >= 4 is 39.2 Å². The van der Waals surface area contributed by atoms with Crippen molar-refractivity contribution in [3.05, 3.63) is 102 Å². The van der Waals surface area contributed by atoms with Crippen LogP contribution in [0.25, 0.3) is 61.4 Å². The van der Waals surface area contributed by atoms with Gasteiger partial charge in [0, 0.05) is 23.8 Å². The van der Waals surface area contributed by atoms with Crippen molar-refractivity contribution in [2.24, 2.45) is 0 Å². The molecule has 0 aliphatic rings. The van der Waals surface area contributed by atoms with Gasteiger partial charge in [0.1, 0.15) is 0 Å². The standard InChI is InChI=1S/C32H21F2N5S.Pt/c1-32(2,3)24-16-20(26-17-36-31-29(37-26)38-30-27(33)28(34)40-39(30)31)15-23-21(10-7-11-22(23)24)18-8-6-9-19(14-18)25-12-4-5-13-35-25;/h4-13,16-17H,1-3H3;/q-2;+2. The van der Waals surface area contributed by atoms with Gasteiger partial charge in [0.05, 0.1) is 0 Å². The minimum atomic E-state index is -0.993. The first-order valence-corrected chi connectivity index (χ1v) is 13.5. The predicted molar refractivity (Wildman–Crippen MR) is 154 cm³/mol. The molecule has 5 nitrogen and oxygen atoms in total. The van der Waals surface area contributed by atoms with Crippen LogP contribution in [0.4, 0.5) is 8.78 Å². The number of nitrogens with zero attached hydrogens (tertiary/aromatic N) is 5. The van der Waals surface area contributed by atoms with Crippen molar-refractivity contribution in [3.8, 4) is 33.6 Å². The zero-order chi connectivity index (χ0) is 27.6. The first-order chi connectivity index (χ1) is 19.3. The molecule has 0 spiro atoms. The average Bonchev–Trinajstić information content (AvgIpc) is 3.46. The van der Waals surface area contributed by atoms with Crippen LogP contribution in [0, 0.1) is 23.1 Å². The molecule has 0 bridgehead atoms. The maximum atomic E-state index is 14.2. The molecule has 4 aromatic heterocycles. The van der Waals surface area contributed by atoms with E-state index < -0.39 is 10.9 Å². The summed E-state index contributed by atoms with van der Waals surface area (Å²) in [6, 6.07) is 27.3. The molecule has 0 saturated heterocycles. The summed E-state index contributed by atoms with van der Waals surface area (Å²) in [7, 11) is 0. The van der Waals surface area contributed by atoms with Gasteiger partial charge < -0.3 is 0 Å². The molecule has 0 radical (unpaired) electrons. The minimum Gasteiger partial charge on any atom is -0.295 e. The van der Waals surface area contributed by atoms with E-state index in [0.29, 0.717) is 22.9 Å². The third kappa shape index (κ3) is 4.65. The number of aromatic nitrogens is 5. The number of imidazole rings is 1. The van der Waals surface area contributed by atoms with Crippen molar-refractivity contribution in [3.63, 3.8) is 0 Å².